The number of imidazole rings is 1. The third-order valence-electron chi connectivity index (χ3n) is 7.71. The van der Waals surface area contributed by atoms with Gasteiger partial charge in [-0.25, -0.2) is 4.79 Å². The molecule has 1 amide bonds. The van der Waals surface area contributed by atoms with E-state index in [1.807, 2.05) is 67.2 Å². The van der Waals surface area contributed by atoms with Crippen LogP contribution in [-0.4, -0.2) is 59.0 Å². The Morgan fingerprint density at radius 1 is 0.973 bits per heavy atom. The lowest BCUT2D eigenvalue weighted by atomic mass is 9.70. The van der Waals surface area contributed by atoms with Crippen LogP contribution in [0.2, 0.25) is 5.02 Å². The summed E-state index contributed by atoms with van der Waals surface area (Å²) in [6.07, 6.45) is 2.43. The normalized spacial score (nSPS) is 15.2. The van der Waals surface area contributed by atoms with Crippen molar-refractivity contribution < 1.29 is 4.79 Å². The summed E-state index contributed by atoms with van der Waals surface area (Å²) in [5, 5.41) is 0.614. The summed E-state index contributed by atoms with van der Waals surface area (Å²) >= 11 is 6.12. The number of nitrogens with one attached hydrogen (secondary N) is 1. The molecule has 0 saturated carbocycles. The Labute approximate surface area is 222 Å². The Hall–Kier alpha value is -3.35. The Morgan fingerprint density at radius 3 is 2.14 bits per heavy atom. The summed E-state index contributed by atoms with van der Waals surface area (Å²) in [4.78, 5) is 33.7. The average molecular weight is 517 g/mol. The van der Waals surface area contributed by atoms with Crippen molar-refractivity contribution in [3.63, 3.8) is 0 Å². The molecule has 4 aromatic rings. The minimum Gasteiger partial charge on any atom is -0.348 e. The number of likely N-dealkylation sites (N-methyl/N-ethyl adjacent to an activating group) is 1. The molecule has 0 aliphatic carbocycles. The van der Waals surface area contributed by atoms with Gasteiger partial charge in [-0.3, -0.25) is 9.36 Å². The number of hydrogen-bond acceptors (Lipinski definition) is 3. The molecule has 2 heterocycles. The predicted octanol–water partition coefficient (Wildman–Crippen LogP) is 5.08. The third-order valence-corrected chi connectivity index (χ3v) is 7.94. The maximum absolute atomic E-state index is 13.9. The van der Waals surface area contributed by atoms with Gasteiger partial charge in [0.05, 0.1) is 11.0 Å². The van der Waals surface area contributed by atoms with Crippen molar-refractivity contribution in [2.45, 2.75) is 30.7 Å². The van der Waals surface area contributed by atoms with Crippen LogP contribution in [0, 0.1) is 0 Å². The van der Waals surface area contributed by atoms with E-state index in [1.165, 1.54) is 0 Å². The van der Waals surface area contributed by atoms with E-state index < -0.39 is 5.41 Å². The molecule has 0 radical (unpaired) electrons. The standard InChI is InChI=1S/C30H33ClN4O2/c1-33(2)28(36)30(22-9-5-3-6-10-22,23-11-7-4-8-12-23)17-20-34-18-15-25(16-19-34)35-27-14-13-24(31)21-26(27)32-29(35)37/h3-14,21,25H,15-20H2,1-2H3,(H,32,37). The van der Waals surface area contributed by atoms with Gasteiger partial charge < -0.3 is 14.8 Å². The summed E-state index contributed by atoms with van der Waals surface area (Å²) < 4.78 is 1.89. The second-order valence-corrected chi connectivity index (χ2v) is 10.6. The molecule has 0 atom stereocenters. The van der Waals surface area contributed by atoms with E-state index >= 15 is 0 Å². The molecule has 5 rings (SSSR count). The van der Waals surface area contributed by atoms with Crippen molar-refractivity contribution in [3.8, 4) is 0 Å². The van der Waals surface area contributed by atoms with Crippen molar-refractivity contribution in [3.05, 3.63) is 105 Å². The lowest BCUT2D eigenvalue weighted by molar-refractivity contribution is -0.133. The van der Waals surface area contributed by atoms with Crippen molar-refractivity contribution in [2.75, 3.05) is 33.7 Å². The van der Waals surface area contributed by atoms with Crippen LogP contribution in [0.3, 0.4) is 0 Å². The number of carbonyl (C=O) groups excluding carboxylic acids is 1. The van der Waals surface area contributed by atoms with Crippen molar-refractivity contribution >= 4 is 28.5 Å². The number of hydrogen-bond donors (Lipinski definition) is 1. The number of amides is 1. The molecular weight excluding hydrogens is 484 g/mol. The number of aromatic amines is 1. The molecular formula is C30H33ClN4O2. The zero-order valence-electron chi connectivity index (χ0n) is 21.4. The number of rotatable bonds is 7. The Kier molecular flexibility index (Phi) is 7.22. The van der Waals surface area contributed by atoms with Crippen LogP contribution in [0.25, 0.3) is 11.0 Å². The molecule has 3 aromatic carbocycles. The van der Waals surface area contributed by atoms with Gasteiger partial charge in [0.2, 0.25) is 5.91 Å². The molecule has 192 valence electrons. The van der Waals surface area contributed by atoms with Crippen LogP contribution in [0.4, 0.5) is 0 Å². The van der Waals surface area contributed by atoms with Gasteiger partial charge in [0, 0.05) is 38.2 Å². The van der Waals surface area contributed by atoms with E-state index in [2.05, 4.69) is 34.1 Å². The van der Waals surface area contributed by atoms with E-state index in [4.69, 9.17) is 11.6 Å². The molecule has 6 nitrogen and oxygen atoms in total. The molecule has 1 aromatic heterocycles. The van der Waals surface area contributed by atoms with Gasteiger partial charge in [0.25, 0.3) is 0 Å². The summed E-state index contributed by atoms with van der Waals surface area (Å²) in [5.41, 5.74) is 2.85. The fourth-order valence-corrected chi connectivity index (χ4v) is 6.00. The van der Waals surface area contributed by atoms with E-state index in [9.17, 15) is 9.59 Å². The number of aromatic nitrogens is 2. The van der Waals surface area contributed by atoms with Crippen molar-refractivity contribution in [1.29, 1.82) is 0 Å². The summed E-state index contributed by atoms with van der Waals surface area (Å²) in [7, 11) is 3.67. The van der Waals surface area contributed by atoms with Crippen LogP contribution in [0.5, 0.6) is 0 Å². The minimum atomic E-state index is -0.768. The fraction of sp³-hybridized carbons (Fsp3) is 0.333. The quantitative estimate of drug-likeness (QED) is 0.372. The predicted molar refractivity (Wildman–Crippen MR) is 149 cm³/mol. The van der Waals surface area contributed by atoms with Crippen molar-refractivity contribution in [2.24, 2.45) is 0 Å². The lowest BCUT2D eigenvalue weighted by Crippen LogP contribution is -2.47. The molecule has 1 saturated heterocycles. The molecule has 1 fully saturated rings. The van der Waals surface area contributed by atoms with E-state index in [0.29, 0.717) is 11.4 Å². The number of nitrogens with zero attached hydrogens (tertiary/aromatic N) is 3. The maximum atomic E-state index is 13.9. The second kappa shape index (κ2) is 10.6. The van der Waals surface area contributed by atoms with Crippen molar-refractivity contribution in [1.82, 2.24) is 19.4 Å². The number of H-pyrrole nitrogens is 1. The van der Waals surface area contributed by atoms with E-state index in [1.54, 1.807) is 11.0 Å². The topological polar surface area (TPSA) is 61.3 Å². The highest BCUT2D eigenvalue weighted by atomic mass is 35.5. The largest absolute Gasteiger partial charge is 0.348 e. The number of halogens is 1. The van der Waals surface area contributed by atoms with Crippen LogP contribution in [0.1, 0.15) is 36.4 Å². The molecule has 1 aliphatic heterocycles. The van der Waals surface area contributed by atoms with Crippen LogP contribution in [0.15, 0.2) is 83.7 Å². The number of benzene rings is 3. The summed E-state index contributed by atoms with van der Waals surface area (Å²) in [5.74, 6) is 0.0868. The van der Waals surface area contributed by atoms with E-state index in [-0.39, 0.29) is 17.6 Å². The smallest absolute Gasteiger partial charge is 0.326 e. The van der Waals surface area contributed by atoms with Gasteiger partial charge >= 0.3 is 5.69 Å². The monoisotopic (exact) mass is 516 g/mol. The number of piperidine rings is 1. The molecule has 0 bridgehead atoms. The minimum absolute atomic E-state index is 0.0838. The molecule has 7 heteroatoms. The molecule has 1 N–H and O–H groups in total. The number of carbonyl (C=O) groups is 1. The first kappa shape index (κ1) is 25.3. The lowest BCUT2D eigenvalue weighted by Gasteiger charge is -2.39. The second-order valence-electron chi connectivity index (χ2n) is 10.1. The zero-order chi connectivity index (χ0) is 26.0. The molecule has 0 unspecified atom stereocenters. The molecule has 37 heavy (non-hydrogen) atoms. The highest BCUT2D eigenvalue weighted by Gasteiger charge is 2.43. The first-order chi connectivity index (χ1) is 17.9. The highest BCUT2D eigenvalue weighted by Crippen LogP contribution is 2.38. The highest BCUT2D eigenvalue weighted by molar-refractivity contribution is 6.31. The van der Waals surface area contributed by atoms with Gasteiger partial charge in [-0.05, 0) is 55.1 Å². The van der Waals surface area contributed by atoms with Crippen LogP contribution < -0.4 is 5.69 Å². The zero-order valence-corrected chi connectivity index (χ0v) is 22.1. The third kappa shape index (κ3) is 4.83. The summed E-state index contributed by atoms with van der Waals surface area (Å²) in [6.45, 7) is 2.52. The number of likely N-dealkylation sites (tertiary alicyclic amines) is 1. The van der Waals surface area contributed by atoms with Gasteiger partial charge in [-0.1, -0.05) is 72.3 Å². The Bertz CT molecular complexity index is 1380. The summed E-state index contributed by atoms with van der Waals surface area (Å²) in [6, 6.07) is 26.0. The first-order valence-electron chi connectivity index (χ1n) is 12.8. The van der Waals surface area contributed by atoms with Gasteiger partial charge in [0.1, 0.15) is 5.41 Å². The number of fused-ring (bicyclic) bond motifs is 1. The van der Waals surface area contributed by atoms with Gasteiger partial charge in [-0.2, -0.15) is 0 Å². The fourth-order valence-electron chi connectivity index (χ4n) is 5.83. The molecule has 1 aliphatic rings. The first-order valence-corrected chi connectivity index (χ1v) is 13.2. The van der Waals surface area contributed by atoms with Crippen LogP contribution >= 0.6 is 11.6 Å². The van der Waals surface area contributed by atoms with Gasteiger partial charge in [0.15, 0.2) is 0 Å². The molecule has 0 spiro atoms. The van der Waals surface area contributed by atoms with Gasteiger partial charge in [-0.15, -0.1) is 0 Å². The van der Waals surface area contributed by atoms with Crippen LogP contribution in [-0.2, 0) is 10.2 Å². The Morgan fingerprint density at radius 2 is 1.57 bits per heavy atom. The SMILES string of the molecule is CN(C)C(=O)C(CCN1CCC(n2c(=O)[nH]c3cc(Cl)ccc32)CC1)(c1ccccc1)c1ccccc1. The average Bonchev–Trinajstić information content (AvgIpc) is 3.25. The van der Waals surface area contributed by atoms with E-state index in [0.717, 1.165) is 54.6 Å². The maximum Gasteiger partial charge on any atom is 0.326 e. The Balaban J connectivity index is 1.38.